The van der Waals surface area contributed by atoms with Gasteiger partial charge >= 0.3 is 0 Å². The van der Waals surface area contributed by atoms with Crippen LogP contribution in [0.4, 0.5) is 0 Å². The summed E-state index contributed by atoms with van der Waals surface area (Å²) in [5.74, 6) is 0.561. The average molecular weight is 288 g/mol. The van der Waals surface area contributed by atoms with Crippen LogP contribution in [0.25, 0.3) is 0 Å². The van der Waals surface area contributed by atoms with Gasteiger partial charge in [-0.2, -0.15) is 0 Å². The predicted octanol–water partition coefficient (Wildman–Crippen LogP) is 2.50. The highest BCUT2D eigenvalue weighted by atomic mass is 16.2. The van der Waals surface area contributed by atoms with Crippen LogP contribution in [0.5, 0.6) is 0 Å². The molecule has 2 amide bonds. The second-order valence-corrected chi connectivity index (χ2v) is 5.68. The number of nitrogens with one attached hydrogen (secondary N) is 2. The number of hydrogen-bond acceptors (Lipinski definition) is 2. The summed E-state index contributed by atoms with van der Waals surface area (Å²) >= 11 is 0. The summed E-state index contributed by atoms with van der Waals surface area (Å²) in [7, 11) is 0. The number of rotatable bonds is 6. The molecule has 4 heteroatoms. The maximum Gasteiger partial charge on any atom is 0.251 e. The van der Waals surface area contributed by atoms with E-state index in [0.29, 0.717) is 31.0 Å². The van der Waals surface area contributed by atoms with Crippen LogP contribution >= 0.6 is 0 Å². The van der Waals surface area contributed by atoms with Crippen molar-refractivity contribution in [1.29, 1.82) is 0 Å². The van der Waals surface area contributed by atoms with E-state index in [1.165, 1.54) is 32.1 Å². The Morgan fingerprint density at radius 2 is 1.62 bits per heavy atom. The van der Waals surface area contributed by atoms with Crippen LogP contribution < -0.4 is 10.6 Å². The third kappa shape index (κ3) is 5.58. The van der Waals surface area contributed by atoms with Crippen LogP contribution in [0, 0.1) is 5.92 Å². The number of carbonyl (C=O) groups is 2. The summed E-state index contributed by atoms with van der Waals surface area (Å²) in [4.78, 5) is 23.6. The highest BCUT2D eigenvalue weighted by Gasteiger charge is 2.16. The lowest BCUT2D eigenvalue weighted by Crippen LogP contribution is -2.35. The number of amides is 2. The molecule has 1 aromatic carbocycles. The molecule has 0 aromatic heterocycles. The second kappa shape index (κ2) is 8.45. The molecule has 1 saturated carbocycles. The van der Waals surface area contributed by atoms with Crippen LogP contribution in [-0.2, 0) is 4.79 Å². The van der Waals surface area contributed by atoms with Crippen molar-refractivity contribution in [2.24, 2.45) is 5.92 Å². The summed E-state index contributed by atoms with van der Waals surface area (Å²) in [6, 6.07) is 9.10. The van der Waals surface area contributed by atoms with Gasteiger partial charge < -0.3 is 10.6 Å². The van der Waals surface area contributed by atoms with E-state index in [9.17, 15) is 9.59 Å². The number of carbonyl (C=O) groups excluding carboxylic acids is 2. The van der Waals surface area contributed by atoms with Crippen molar-refractivity contribution >= 4 is 11.8 Å². The van der Waals surface area contributed by atoms with Crippen LogP contribution in [0.15, 0.2) is 30.3 Å². The van der Waals surface area contributed by atoms with E-state index in [2.05, 4.69) is 10.6 Å². The zero-order valence-corrected chi connectivity index (χ0v) is 12.4. The van der Waals surface area contributed by atoms with Crippen molar-refractivity contribution in [2.45, 2.75) is 38.5 Å². The Hall–Kier alpha value is -1.84. The maximum atomic E-state index is 11.8. The lowest BCUT2D eigenvalue weighted by Gasteiger charge is -2.20. The summed E-state index contributed by atoms with van der Waals surface area (Å²) in [6.45, 7) is 0.953. The van der Waals surface area contributed by atoms with Gasteiger partial charge in [-0.25, -0.2) is 0 Å². The van der Waals surface area contributed by atoms with E-state index in [-0.39, 0.29) is 11.8 Å². The van der Waals surface area contributed by atoms with E-state index in [1.54, 1.807) is 12.1 Å². The zero-order valence-electron chi connectivity index (χ0n) is 12.4. The first-order valence-electron chi connectivity index (χ1n) is 7.85. The predicted molar refractivity (Wildman–Crippen MR) is 83.0 cm³/mol. The molecule has 1 aliphatic carbocycles. The van der Waals surface area contributed by atoms with Crippen LogP contribution in [0.1, 0.15) is 48.9 Å². The van der Waals surface area contributed by atoms with Crippen molar-refractivity contribution in [3.8, 4) is 0 Å². The molecule has 0 heterocycles. The molecule has 0 atom stereocenters. The monoisotopic (exact) mass is 288 g/mol. The molecule has 1 aromatic rings. The normalized spacial score (nSPS) is 15.4. The molecule has 0 saturated heterocycles. The number of benzene rings is 1. The smallest absolute Gasteiger partial charge is 0.251 e. The summed E-state index contributed by atoms with van der Waals surface area (Å²) in [5, 5.41) is 5.69. The van der Waals surface area contributed by atoms with Crippen LogP contribution in [-0.4, -0.2) is 24.9 Å². The third-order valence-electron chi connectivity index (χ3n) is 3.97. The molecular formula is C17H24N2O2. The van der Waals surface area contributed by atoms with Gasteiger partial charge in [0, 0.05) is 25.1 Å². The average Bonchev–Trinajstić information content (AvgIpc) is 2.53. The maximum absolute atomic E-state index is 11.8. The fourth-order valence-corrected chi connectivity index (χ4v) is 2.80. The van der Waals surface area contributed by atoms with E-state index in [1.807, 2.05) is 18.2 Å². The Labute approximate surface area is 126 Å². The van der Waals surface area contributed by atoms with E-state index in [0.717, 1.165) is 0 Å². The highest BCUT2D eigenvalue weighted by Crippen LogP contribution is 2.25. The van der Waals surface area contributed by atoms with Gasteiger partial charge in [0.25, 0.3) is 5.91 Å². The molecule has 2 N–H and O–H groups in total. The third-order valence-corrected chi connectivity index (χ3v) is 3.97. The lowest BCUT2D eigenvalue weighted by molar-refractivity contribution is -0.122. The van der Waals surface area contributed by atoms with Crippen molar-refractivity contribution in [1.82, 2.24) is 10.6 Å². The largest absolute Gasteiger partial charge is 0.354 e. The first-order chi connectivity index (χ1) is 10.3. The van der Waals surface area contributed by atoms with Gasteiger partial charge in [0.2, 0.25) is 5.91 Å². The lowest BCUT2D eigenvalue weighted by atomic mass is 9.87. The molecule has 0 unspecified atom stereocenters. The molecule has 21 heavy (non-hydrogen) atoms. The standard InChI is InChI=1S/C17H24N2O2/c20-16(13-14-7-3-1-4-8-14)18-11-12-19-17(21)15-9-5-2-6-10-15/h2,5-6,9-10,14H,1,3-4,7-8,11-13H2,(H,18,20)(H,19,21). The Bertz CT molecular complexity index is 453. The fourth-order valence-electron chi connectivity index (χ4n) is 2.80. The van der Waals surface area contributed by atoms with Gasteiger partial charge in [0.05, 0.1) is 0 Å². The summed E-state index contributed by atoms with van der Waals surface area (Å²) in [6.07, 6.45) is 6.81. The molecular weight excluding hydrogens is 264 g/mol. The van der Waals surface area contributed by atoms with E-state index in [4.69, 9.17) is 0 Å². The second-order valence-electron chi connectivity index (χ2n) is 5.68. The highest BCUT2D eigenvalue weighted by molar-refractivity contribution is 5.94. The van der Waals surface area contributed by atoms with Gasteiger partial charge in [-0.15, -0.1) is 0 Å². The first kappa shape index (κ1) is 15.5. The molecule has 1 aliphatic rings. The van der Waals surface area contributed by atoms with Gasteiger partial charge in [0.1, 0.15) is 0 Å². The topological polar surface area (TPSA) is 58.2 Å². The molecule has 0 radical (unpaired) electrons. The first-order valence-corrected chi connectivity index (χ1v) is 7.85. The van der Waals surface area contributed by atoms with Crippen LogP contribution in [0.2, 0.25) is 0 Å². The van der Waals surface area contributed by atoms with Crippen molar-refractivity contribution in [3.05, 3.63) is 35.9 Å². The van der Waals surface area contributed by atoms with E-state index >= 15 is 0 Å². The Kier molecular flexibility index (Phi) is 6.25. The number of hydrogen-bond donors (Lipinski definition) is 2. The quantitative estimate of drug-likeness (QED) is 0.790. The molecule has 0 bridgehead atoms. The van der Waals surface area contributed by atoms with Gasteiger partial charge in [-0.05, 0) is 30.9 Å². The summed E-state index contributed by atoms with van der Waals surface area (Å²) in [5.41, 5.74) is 0.644. The Balaban J connectivity index is 1.58. The Morgan fingerprint density at radius 1 is 0.952 bits per heavy atom. The minimum absolute atomic E-state index is 0.0999. The van der Waals surface area contributed by atoms with E-state index < -0.39 is 0 Å². The zero-order chi connectivity index (χ0) is 14.9. The molecule has 0 aliphatic heterocycles. The molecule has 2 rings (SSSR count). The van der Waals surface area contributed by atoms with Gasteiger partial charge in [0.15, 0.2) is 0 Å². The molecule has 1 fully saturated rings. The van der Waals surface area contributed by atoms with Crippen molar-refractivity contribution in [2.75, 3.05) is 13.1 Å². The minimum Gasteiger partial charge on any atom is -0.354 e. The van der Waals surface area contributed by atoms with Gasteiger partial charge in [-0.1, -0.05) is 37.5 Å². The van der Waals surface area contributed by atoms with Gasteiger partial charge in [-0.3, -0.25) is 9.59 Å². The molecule has 0 spiro atoms. The fraction of sp³-hybridized carbons (Fsp3) is 0.529. The minimum atomic E-state index is -0.0999. The van der Waals surface area contributed by atoms with Crippen molar-refractivity contribution in [3.63, 3.8) is 0 Å². The Morgan fingerprint density at radius 3 is 2.33 bits per heavy atom. The molecule has 4 nitrogen and oxygen atoms in total. The van der Waals surface area contributed by atoms with Crippen LogP contribution in [0.3, 0.4) is 0 Å². The SMILES string of the molecule is O=C(CC1CCCCC1)NCCNC(=O)c1ccccc1. The summed E-state index contributed by atoms with van der Waals surface area (Å²) < 4.78 is 0. The molecule has 114 valence electrons. The van der Waals surface area contributed by atoms with Crippen molar-refractivity contribution < 1.29 is 9.59 Å².